The van der Waals surface area contributed by atoms with Crippen LogP contribution in [0.5, 0.6) is 5.75 Å². The highest BCUT2D eigenvalue weighted by atomic mass is 16.5. The first-order valence-corrected chi connectivity index (χ1v) is 11.1. The Kier molecular flexibility index (Phi) is 6.95. The number of anilines is 2. The number of rotatable bonds is 9. The fourth-order valence-electron chi connectivity index (χ4n) is 3.61. The predicted octanol–water partition coefficient (Wildman–Crippen LogP) is 3.85. The molecule has 170 valence electrons. The van der Waals surface area contributed by atoms with E-state index in [2.05, 4.69) is 39.2 Å². The summed E-state index contributed by atoms with van der Waals surface area (Å²) in [6, 6.07) is 18.9. The molecule has 0 saturated heterocycles. The van der Waals surface area contributed by atoms with E-state index in [9.17, 15) is 4.79 Å². The number of nitrogens with zero attached hydrogens (tertiary/aromatic N) is 5. The van der Waals surface area contributed by atoms with Gasteiger partial charge < -0.3 is 15.0 Å². The van der Waals surface area contributed by atoms with Crippen molar-refractivity contribution in [3.63, 3.8) is 0 Å². The van der Waals surface area contributed by atoms with Crippen LogP contribution in [-0.2, 0) is 7.05 Å². The van der Waals surface area contributed by atoms with E-state index in [0.717, 1.165) is 36.6 Å². The van der Waals surface area contributed by atoms with E-state index in [4.69, 9.17) is 4.74 Å². The van der Waals surface area contributed by atoms with Crippen LogP contribution in [0.15, 0.2) is 65.5 Å². The highest BCUT2D eigenvalue weighted by molar-refractivity contribution is 5.78. The first-order chi connectivity index (χ1) is 16.1. The molecule has 8 heteroatoms. The summed E-state index contributed by atoms with van der Waals surface area (Å²) in [6.07, 6.45) is 0. The zero-order chi connectivity index (χ0) is 23.2. The van der Waals surface area contributed by atoms with Crippen LogP contribution >= 0.6 is 0 Å². The molecule has 2 heterocycles. The van der Waals surface area contributed by atoms with E-state index in [1.54, 1.807) is 13.1 Å². The zero-order valence-corrected chi connectivity index (χ0v) is 19.2. The Labute approximate surface area is 192 Å². The lowest BCUT2D eigenvalue weighted by molar-refractivity contribution is 0.223. The Morgan fingerprint density at radius 2 is 1.73 bits per heavy atom. The van der Waals surface area contributed by atoms with Crippen molar-refractivity contribution in [2.24, 2.45) is 7.05 Å². The Bertz CT molecular complexity index is 1270. The SMILES string of the molecule is CCN(CC)CCOc1ccc(Nc2nnc3cc(-c4ccccc4)c(=O)n(C)c3n2)cc1. The first-order valence-electron chi connectivity index (χ1n) is 11.1. The monoisotopic (exact) mass is 444 g/mol. The number of aryl methyl sites for hydroxylation is 1. The average molecular weight is 445 g/mol. The molecule has 33 heavy (non-hydrogen) atoms. The van der Waals surface area contributed by atoms with Crippen molar-refractivity contribution in [2.75, 3.05) is 31.6 Å². The standard InChI is InChI=1S/C25H28N6O2/c1-4-31(5-2)15-16-33-20-13-11-19(12-14-20)26-25-27-23-22(28-29-25)17-21(24(32)30(23)3)18-9-7-6-8-10-18/h6-14,17H,4-5,15-16H2,1-3H3,(H,26,27,29). The molecular formula is C25H28N6O2. The maximum absolute atomic E-state index is 12.9. The maximum Gasteiger partial charge on any atom is 0.259 e. The van der Waals surface area contributed by atoms with Gasteiger partial charge in [-0.2, -0.15) is 4.98 Å². The van der Waals surface area contributed by atoms with Gasteiger partial charge in [0, 0.05) is 24.8 Å². The predicted molar refractivity (Wildman–Crippen MR) is 131 cm³/mol. The summed E-state index contributed by atoms with van der Waals surface area (Å²) in [5.74, 6) is 1.13. The van der Waals surface area contributed by atoms with E-state index in [1.807, 2.05) is 54.6 Å². The summed E-state index contributed by atoms with van der Waals surface area (Å²) >= 11 is 0. The fourth-order valence-corrected chi connectivity index (χ4v) is 3.61. The van der Waals surface area contributed by atoms with Crippen LogP contribution in [0.3, 0.4) is 0 Å². The van der Waals surface area contributed by atoms with E-state index in [-0.39, 0.29) is 5.56 Å². The van der Waals surface area contributed by atoms with Gasteiger partial charge in [-0.05, 0) is 49.0 Å². The number of hydrogen-bond donors (Lipinski definition) is 1. The van der Waals surface area contributed by atoms with Crippen LogP contribution < -0.4 is 15.6 Å². The molecule has 0 aliphatic heterocycles. The van der Waals surface area contributed by atoms with Crippen LogP contribution in [0, 0.1) is 0 Å². The summed E-state index contributed by atoms with van der Waals surface area (Å²) in [5, 5.41) is 11.6. The highest BCUT2D eigenvalue weighted by Gasteiger charge is 2.12. The van der Waals surface area contributed by atoms with Crippen molar-refractivity contribution < 1.29 is 4.74 Å². The van der Waals surface area contributed by atoms with Crippen LogP contribution in [-0.4, -0.2) is 50.9 Å². The molecule has 0 unspecified atom stereocenters. The molecule has 0 aliphatic rings. The van der Waals surface area contributed by atoms with E-state index >= 15 is 0 Å². The number of hydrogen-bond acceptors (Lipinski definition) is 7. The molecule has 0 radical (unpaired) electrons. The van der Waals surface area contributed by atoms with Gasteiger partial charge in [0.15, 0.2) is 5.65 Å². The molecule has 2 aromatic heterocycles. The van der Waals surface area contributed by atoms with Crippen molar-refractivity contribution in [2.45, 2.75) is 13.8 Å². The Morgan fingerprint density at radius 1 is 1.00 bits per heavy atom. The Morgan fingerprint density at radius 3 is 2.42 bits per heavy atom. The molecule has 0 spiro atoms. The highest BCUT2D eigenvalue weighted by Crippen LogP contribution is 2.21. The molecule has 4 aromatic rings. The van der Waals surface area contributed by atoms with Gasteiger partial charge in [-0.15, -0.1) is 10.2 Å². The smallest absolute Gasteiger partial charge is 0.259 e. The van der Waals surface area contributed by atoms with Gasteiger partial charge >= 0.3 is 0 Å². The zero-order valence-electron chi connectivity index (χ0n) is 19.2. The summed E-state index contributed by atoms with van der Waals surface area (Å²) in [4.78, 5) is 19.7. The quantitative estimate of drug-likeness (QED) is 0.420. The number of nitrogens with one attached hydrogen (secondary N) is 1. The molecule has 8 nitrogen and oxygen atoms in total. The molecule has 0 fully saturated rings. The minimum atomic E-state index is -0.133. The van der Waals surface area contributed by atoms with Gasteiger partial charge in [0.25, 0.3) is 5.56 Å². The van der Waals surface area contributed by atoms with Gasteiger partial charge in [0.1, 0.15) is 17.9 Å². The minimum absolute atomic E-state index is 0.133. The fraction of sp³-hybridized carbons (Fsp3) is 0.280. The second-order valence-corrected chi connectivity index (χ2v) is 7.66. The van der Waals surface area contributed by atoms with Gasteiger partial charge in [-0.1, -0.05) is 44.2 Å². The Hall–Kier alpha value is -3.78. The largest absolute Gasteiger partial charge is 0.492 e. The molecule has 4 rings (SSSR count). The molecule has 0 aliphatic carbocycles. The lowest BCUT2D eigenvalue weighted by Crippen LogP contribution is -2.27. The van der Waals surface area contributed by atoms with Gasteiger partial charge in [0.05, 0.1) is 0 Å². The lowest BCUT2D eigenvalue weighted by Gasteiger charge is -2.18. The summed E-state index contributed by atoms with van der Waals surface area (Å²) in [7, 11) is 1.69. The van der Waals surface area contributed by atoms with Gasteiger partial charge in [0.2, 0.25) is 5.95 Å². The van der Waals surface area contributed by atoms with Crippen LogP contribution in [0.4, 0.5) is 11.6 Å². The minimum Gasteiger partial charge on any atom is -0.492 e. The molecular weight excluding hydrogens is 416 g/mol. The first kappa shape index (κ1) is 22.4. The third-order valence-corrected chi connectivity index (χ3v) is 5.59. The van der Waals surface area contributed by atoms with E-state index in [1.165, 1.54) is 4.57 Å². The molecule has 0 saturated carbocycles. The van der Waals surface area contributed by atoms with Crippen molar-refractivity contribution >= 4 is 22.8 Å². The van der Waals surface area contributed by atoms with Crippen LogP contribution in [0.2, 0.25) is 0 Å². The average Bonchev–Trinajstić information content (AvgIpc) is 2.86. The number of fused-ring (bicyclic) bond motifs is 1. The molecule has 2 aromatic carbocycles. The molecule has 1 N–H and O–H groups in total. The topological polar surface area (TPSA) is 85.2 Å². The van der Waals surface area contributed by atoms with Crippen molar-refractivity contribution in [3.8, 4) is 16.9 Å². The summed E-state index contributed by atoms with van der Waals surface area (Å²) < 4.78 is 7.33. The van der Waals surface area contributed by atoms with E-state index < -0.39 is 0 Å². The Balaban J connectivity index is 1.49. The van der Waals surface area contributed by atoms with Crippen LogP contribution in [0.25, 0.3) is 22.3 Å². The van der Waals surface area contributed by atoms with Gasteiger partial charge in [-0.25, -0.2) is 0 Å². The van der Waals surface area contributed by atoms with Crippen molar-refractivity contribution in [1.82, 2.24) is 24.6 Å². The number of pyridine rings is 1. The molecule has 0 bridgehead atoms. The lowest BCUT2D eigenvalue weighted by atomic mass is 10.1. The van der Waals surface area contributed by atoms with Crippen LogP contribution in [0.1, 0.15) is 13.8 Å². The van der Waals surface area contributed by atoms with Crippen molar-refractivity contribution in [1.29, 1.82) is 0 Å². The third kappa shape index (κ3) is 5.18. The van der Waals surface area contributed by atoms with Crippen molar-refractivity contribution in [3.05, 3.63) is 71.0 Å². The maximum atomic E-state index is 12.9. The third-order valence-electron chi connectivity index (χ3n) is 5.59. The molecule has 0 atom stereocenters. The molecule has 0 amide bonds. The number of aromatic nitrogens is 4. The van der Waals surface area contributed by atoms with E-state index in [0.29, 0.717) is 29.3 Å². The second kappa shape index (κ2) is 10.2. The number of benzene rings is 2. The van der Waals surface area contributed by atoms with Gasteiger partial charge in [-0.3, -0.25) is 9.36 Å². The normalized spacial score (nSPS) is 11.2. The number of likely N-dealkylation sites (N-methyl/N-ethyl adjacent to an activating group) is 1. The summed E-state index contributed by atoms with van der Waals surface area (Å²) in [6.45, 7) is 7.87. The number of ether oxygens (including phenoxy) is 1. The second-order valence-electron chi connectivity index (χ2n) is 7.66. The summed E-state index contributed by atoms with van der Waals surface area (Å²) in [5.41, 5.74) is 3.10.